The molecule has 0 unspecified atom stereocenters. The molecule has 0 aliphatic heterocycles. The van der Waals surface area contributed by atoms with E-state index in [1.165, 1.54) is 6.07 Å². The number of halogens is 2. The molecule has 3 rings (SSSR count). The Hall–Kier alpha value is -2.80. The third-order valence-corrected chi connectivity index (χ3v) is 3.92. The summed E-state index contributed by atoms with van der Waals surface area (Å²) in [6.45, 7) is 3.17. The molecule has 0 radical (unpaired) electrons. The molecular weight excluding hydrogens is 326 g/mol. The topological polar surface area (TPSA) is 52.0 Å². The van der Waals surface area contributed by atoms with E-state index in [9.17, 15) is 8.78 Å². The van der Waals surface area contributed by atoms with Crippen LogP contribution in [0, 0.1) is 18.6 Å². The van der Waals surface area contributed by atoms with E-state index >= 15 is 0 Å². The lowest BCUT2D eigenvalue weighted by molar-refractivity contribution is 0.440. The first-order valence-corrected chi connectivity index (χ1v) is 7.79. The number of aryl methyl sites for hydroxylation is 1. The van der Waals surface area contributed by atoms with Crippen LogP contribution in [0.3, 0.4) is 0 Å². The van der Waals surface area contributed by atoms with Crippen molar-refractivity contribution in [1.82, 2.24) is 20.1 Å². The van der Waals surface area contributed by atoms with Crippen molar-refractivity contribution in [2.24, 2.45) is 7.05 Å². The summed E-state index contributed by atoms with van der Waals surface area (Å²) in [5.41, 5.74) is 3.01. The Labute approximate surface area is 144 Å². The van der Waals surface area contributed by atoms with Crippen molar-refractivity contribution in [1.29, 1.82) is 0 Å². The molecule has 1 aromatic carbocycles. The molecule has 0 bridgehead atoms. The van der Waals surface area contributed by atoms with Gasteiger partial charge in [0.05, 0.1) is 6.20 Å². The molecule has 5 nitrogen and oxygen atoms in total. The minimum absolute atomic E-state index is 0.196. The molecule has 7 heteroatoms. The maximum absolute atomic E-state index is 13.3. The Kier molecular flexibility index (Phi) is 5.04. The maximum Gasteiger partial charge on any atom is 0.223 e. The van der Waals surface area contributed by atoms with Gasteiger partial charge in [-0.2, -0.15) is 5.10 Å². The lowest BCUT2D eigenvalue weighted by atomic mass is 10.2. The van der Waals surface area contributed by atoms with Crippen LogP contribution in [-0.4, -0.2) is 14.8 Å². The van der Waals surface area contributed by atoms with Crippen LogP contribution < -0.4 is 10.1 Å². The van der Waals surface area contributed by atoms with E-state index in [1.807, 2.05) is 30.9 Å². The Morgan fingerprint density at radius 3 is 2.64 bits per heavy atom. The fourth-order valence-electron chi connectivity index (χ4n) is 2.35. The van der Waals surface area contributed by atoms with Crippen LogP contribution in [0.5, 0.6) is 11.6 Å². The van der Waals surface area contributed by atoms with Gasteiger partial charge in [0.25, 0.3) is 0 Å². The highest BCUT2D eigenvalue weighted by molar-refractivity contribution is 5.32. The second kappa shape index (κ2) is 7.40. The molecule has 0 aliphatic carbocycles. The molecule has 0 atom stereocenters. The highest BCUT2D eigenvalue weighted by atomic mass is 19.2. The summed E-state index contributed by atoms with van der Waals surface area (Å²) in [7, 11) is 1.90. The third-order valence-electron chi connectivity index (χ3n) is 3.92. The molecule has 0 amide bonds. The number of nitrogens with zero attached hydrogens (tertiary/aromatic N) is 3. The molecule has 0 saturated heterocycles. The number of pyridine rings is 1. The number of benzene rings is 1. The van der Waals surface area contributed by atoms with E-state index in [-0.39, 0.29) is 5.75 Å². The van der Waals surface area contributed by atoms with E-state index in [0.29, 0.717) is 19.0 Å². The third kappa shape index (κ3) is 4.00. The van der Waals surface area contributed by atoms with Crippen LogP contribution >= 0.6 is 0 Å². The van der Waals surface area contributed by atoms with Crippen LogP contribution in [-0.2, 0) is 20.1 Å². The van der Waals surface area contributed by atoms with Crippen LogP contribution in [0.1, 0.15) is 16.8 Å². The fraction of sp³-hybridized carbons (Fsp3) is 0.222. The molecule has 130 valence electrons. The second-order valence-electron chi connectivity index (χ2n) is 5.63. The van der Waals surface area contributed by atoms with Gasteiger partial charge >= 0.3 is 0 Å². The summed E-state index contributed by atoms with van der Waals surface area (Å²) in [6, 6.07) is 7.05. The summed E-state index contributed by atoms with van der Waals surface area (Å²) in [4.78, 5) is 4.18. The Balaban J connectivity index is 1.68. The Morgan fingerprint density at radius 2 is 1.92 bits per heavy atom. The summed E-state index contributed by atoms with van der Waals surface area (Å²) in [6.07, 6.45) is 3.41. The molecule has 1 N–H and O–H groups in total. The normalized spacial score (nSPS) is 10.9. The maximum atomic E-state index is 13.3. The highest BCUT2D eigenvalue weighted by Crippen LogP contribution is 2.24. The van der Waals surface area contributed by atoms with Crippen LogP contribution in [0.2, 0.25) is 0 Å². The van der Waals surface area contributed by atoms with E-state index in [0.717, 1.165) is 29.0 Å². The van der Waals surface area contributed by atoms with Crippen molar-refractivity contribution < 1.29 is 13.5 Å². The lowest BCUT2D eigenvalue weighted by Gasteiger charge is -2.11. The van der Waals surface area contributed by atoms with E-state index < -0.39 is 11.6 Å². The van der Waals surface area contributed by atoms with Crippen molar-refractivity contribution in [3.8, 4) is 11.6 Å². The minimum Gasteiger partial charge on any atom is -0.439 e. The second-order valence-corrected chi connectivity index (χ2v) is 5.63. The van der Waals surface area contributed by atoms with Gasteiger partial charge in [0, 0.05) is 49.2 Å². The molecule has 2 aromatic heterocycles. The van der Waals surface area contributed by atoms with E-state index in [1.54, 1.807) is 12.3 Å². The van der Waals surface area contributed by atoms with Gasteiger partial charge in [-0.15, -0.1) is 0 Å². The zero-order chi connectivity index (χ0) is 17.8. The van der Waals surface area contributed by atoms with Crippen LogP contribution in [0.4, 0.5) is 8.78 Å². The monoisotopic (exact) mass is 344 g/mol. The average Bonchev–Trinajstić information content (AvgIpc) is 2.92. The van der Waals surface area contributed by atoms with Gasteiger partial charge in [-0.1, -0.05) is 6.07 Å². The molecule has 0 aliphatic rings. The quantitative estimate of drug-likeness (QED) is 0.744. The van der Waals surface area contributed by atoms with Gasteiger partial charge in [0.1, 0.15) is 5.75 Å². The first-order valence-electron chi connectivity index (χ1n) is 7.79. The summed E-state index contributed by atoms with van der Waals surface area (Å²) in [5, 5.41) is 7.52. The van der Waals surface area contributed by atoms with Gasteiger partial charge in [-0.25, -0.2) is 13.8 Å². The fourth-order valence-corrected chi connectivity index (χ4v) is 2.35. The van der Waals surface area contributed by atoms with Crippen molar-refractivity contribution in [2.45, 2.75) is 20.0 Å². The van der Waals surface area contributed by atoms with Crippen molar-refractivity contribution in [3.63, 3.8) is 0 Å². The zero-order valence-electron chi connectivity index (χ0n) is 14.0. The number of hydrogen-bond acceptors (Lipinski definition) is 4. The summed E-state index contributed by atoms with van der Waals surface area (Å²) >= 11 is 0. The van der Waals surface area contributed by atoms with Crippen molar-refractivity contribution in [2.75, 3.05) is 0 Å². The largest absolute Gasteiger partial charge is 0.439 e. The van der Waals surface area contributed by atoms with Crippen LogP contribution in [0.25, 0.3) is 0 Å². The van der Waals surface area contributed by atoms with E-state index in [2.05, 4.69) is 15.4 Å². The Bertz CT molecular complexity index is 879. The number of hydrogen-bond donors (Lipinski definition) is 1. The van der Waals surface area contributed by atoms with Gasteiger partial charge in [0.2, 0.25) is 5.88 Å². The van der Waals surface area contributed by atoms with Gasteiger partial charge in [0.15, 0.2) is 11.6 Å². The average molecular weight is 344 g/mol. The van der Waals surface area contributed by atoms with Gasteiger partial charge < -0.3 is 10.1 Å². The predicted molar refractivity (Wildman–Crippen MR) is 89.2 cm³/mol. The number of nitrogens with one attached hydrogen (secondary N) is 1. The summed E-state index contributed by atoms with van der Waals surface area (Å²) < 4.78 is 33.8. The minimum atomic E-state index is -0.958. The molecule has 25 heavy (non-hydrogen) atoms. The number of ether oxygens (including phenoxy) is 1. The Morgan fingerprint density at radius 1 is 1.12 bits per heavy atom. The number of rotatable bonds is 6. The predicted octanol–water partition coefficient (Wildman–Crippen LogP) is 3.48. The van der Waals surface area contributed by atoms with Gasteiger partial charge in [-0.05, 0) is 25.1 Å². The molecular formula is C18H18F2N4O. The number of aromatic nitrogens is 3. The summed E-state index contributed by atoms with van der Waals surface area (Å²) in [5.74, 6) is -1.33. The molecule has 0 saturated carbocycles. The molecule has 0 fully saturated rings. The molecule has 0 spiro atoms. The highest BCUT2D eigenvalue weighted by Gasteiger charge is 2.09. The zero-order valence-corrected chi connectivity index (χ0v) is 14.0. The lowest BCUT2D eigenvalue weighted by Crippen LogP contribution is -2.14. The van der Waals surface area contributed by atoms with Crippen molar-refractivity contribution in [3.05, 3.63) is 71.2 Å². The molecule has 3 aromatic rings. The van der Waals surface area contributed by atoms with E-state index in [4.69, 9.17) is 4.74 Å². The van der Waals surface area contributed by atoms with Gasteiger partial charge in [-0.3, -0.25) is 4.68 Å². The smallest absolute Gasteiger partial charge is 0.223 e. The first kappa shape index (κ1) is 17.0. The standard InChI is InChI=1S/C18H18F2N4O/c1-12-14(11-23-24(12)2)10-21-9-13-4-3-7-22-18(13)25-15-5-6-16(19)17(20)8-15/h3-8,11,21H,9-10H2,1-2H3. The first-order chi connectivity index (χ1) is 12.0. The van der Waals surface area contributed by atoms with Crippen LogP contribution in [0.15, 0.2) is 42.7 Å². The SMILES string of the molecule is Cc1c(CNCc2cccnc2Oc2ccc(F)c(F)c2)cnn1C. The van der Waals surface area contributed by atoms with Crippen molar-refractivity contribution >= 4 is 0 Å². The molecule has 2 heterocycles.